The van der Waals surface area contributed by atoms with Crippen molar-refractivity contribution in [3.8, 4) is 0 Å². The van der Waals surface area contributed by atoms with E-state index in [1.165, 1.54) is 7.11 Å². The minimum absolute atomic E-state index is 0.242. The fourth-order valence-corrected chi connectivity index (χ4v) is 1.12. The average Bonchev–Trinajstić information content (AvgIpc) is 2.04. The van der Waals surface area contributed by atoms with Gasteiger partial charge in [-0.15, -0.1) is 0 Å². The topological polar surface area (TPSA) is 66.8 Å². The quantitative estimate of drug-likeness (QED) is 0.679. The van der Waals surface area contributed by atoms with Crippen LogP contribution in [-0.2, 0) is 16.0 Å². The number of nitrogens with zero attached hydrogens (tertiary/aromatic N) is 1. The second-order valence-electron chi connectivity index (χ2n) is 2.16. The first-order chi connectivity index (χ1) is 5.63. The standard InChI is InChI=1S/C6H13NO4S/c1-3-4-5-7(12(9)10)6(8)11-2/h3-5H2,1-2H3,(H,9,10). The third kappa shape index (κ3) is 3.68. The van der Waals surface area contributed by atoms with Crippen LogP contribution in [-0.4, -0.2) is 32.8 Å². The van der Waals surface area contributed by atoms with Crippen LogP contribution < -0.4 is 0 Å². The van der Waals surface area contributed by atoms with E-state index in [-0.39, 0.29) is 6.54 Å². The monoisotopic (exact) mass is 195 g/mol. The van der Waals surface area contributed by atoms with E-state index in [0.717, 1.165) is 10.7 Å². The Hall–Kier alpha value is -0.620. The van der Waals surface area contributed by atoms with Gasteiger partial charge < -0.3 is 4.74 Å². The first kappa shape index (κ1) is 11.4. The third-order valence-electron chi connectivity index (χ3n) is 1.28. The maximum Gasteiger partial charge on any atom is 0.423 e. The van der Waals surface area contributed by atoms with Crippen molar-refractivity contribution in [3.05, 3.63) is 0 Å². The summed E-state index contributed by atoms with van der Waals surface area (Å²) in [4.78, 5) is 10.8. The van der Waals surface area contributed by atoms with Gasteiger partial charge in [-0.05, 0) is 6.42 Å². The predicted molar refractivity (Wildman–Crippen MR) is 44.8 cm³/mol. The zero-order valence-corrected chi connectivity index (χ0v) is 7.97. The summed E-state index contributed by atoms with van der Waals surface area (Å²) in [7, 11) is 1.17. The molecule has 0 aliphatic rings. The summed E-state index contributed by atoms with van der Waals surface area (Å²) in [6.07, 6.45) is 0.760. The maximum atomic E-state index is 10.8. The van der Waals surface area contributed by atoms with Gasteiger partial charge in [-0.3, -0.25) is 4.55 Å². The lowest BCUT2D eigenvalue weighted by atomic mass is 10.3. The Morgan fingerprint density at radius 3 is 2.58 bits per heavy atom. The van der Waals surface area contributed by atoms with E-state index in [1.807, 2.05) is 6.92 Å². The molecule has 0 saturated carbocycles. The largest absolute Gasteiger partial charge is 0.452 e. The van der Waals surface area contributed by atoms with Gasteiger partial charge in [-0.1, -0.05) is 13.3 Å². The molecular weight excluding hydrogens is 182 g/mol. The normalized spacial score (nSPS) is 12.2. The molecule has 1 amide bonds. The lowest BCUT2D eigenvalue weighted by molar-refractivity contribution is 0.148. The second kappa shape index (κ2) is 5.96. The Morgan fingerprint density at radius 2 is 2.25 bits per heavy atom. The molecule has 0 rings (SSSR count). The highest BCUT2D eigenvalue weighted by Crippen LogP contribution is 1.99. The number of rotatable bonds is 4. The summed E-state index contributed by atoms with van der Waals surface area (Å²) in [6.45, 7) is 2.17. The first-order valence-corrected chi connectivity index (χ1v) is 4.66. The molecule has 0 aliphatic heterocycles. The fourth-order valence-electron chi connectivity index (χ4n) is 0.637. The summed E-state index contributed by atoms with van der Waals surface area (Å²) < 4.78 is 24.3. The average molecular weight is 195 g/mol. The lowest BCUT2D eigenvalue weighted by Gasteiger charge is -2.14. The van der Waals surface area contributed by atoms with Gasteiger partial charge in [0.1, 0.15) is 0 Å². The van der Waals surface area contributed by atoms with Gasteiger partial charge in [0.25, 0.3) is 11.3 Å². The number of unbranched alkanes of at least 4 members (excludes halogenated alkanes) is 1. The smallest absolute Gasteiger partial charge is 0.423 e. The van der Waals surface area contributed by atoms with Crippen molar-refractivity contribution in [2.24, 2.45) is 0 Å². The molecule has 0 fully saturated rings. The van der Waals surface area contributed by atoms with E-state index >= 15 is 0 Å². The molecule has 0 heterocycles. The van der Waals surface area contributed by atoms with Gasteiger partial charge in [0.15, 0.2) is 0 Å². The van der Waals surface area contributed by atoms with Crippen molar-refractivity contribution in [2.75, 3.05) is 13.7 Å². The van der Waals surface area contributed by atoms with Crippen molar-refractivity contribution < 1.29 is 18.3 Å². The van der Waals surface area contributed by atoms with Crippen LogP contribution in [0.1, 0.15) is 19.8 Å². The number of amides is 1. The molecule has 1 atom stereocenters. The number of carbonyl (C=O) groups excluding carboxylic acids is 1. The van der Waals surface area contributed by atoms with Gasteiger partial charge in [0.05, 0.1) is 7.11 Å². The Morgan fingerprint density at radius 1 is 1.67 bits per heavy atom. The van der Waals surface area contributed by atoms with Crippen LogP contribution in [0.4, 0.5) is 4.79 Å². The Bertz CT molecular complexity index is 173. The molecule has 1 N–H and O–H groups in total. The molecule has 0 aliphatic carbocycles. The Balaban J connectivity index is 4.04. The van der Waals surface area contributed by atoms with Crippen molar-refractivity contribution in [1.82, 2.24) is 4.31 Å². The fraction of sp³-hybridized carbons (Fsp3) is 0.833. The molecule has 0 aromatic heterocycles. The first-order valence-electron chi connectivity index (χ1n) is 3.60. The summed E-state index contributed by atoms with van der Waals surface area (Å²) >= 11 is -2.28. The summed E-state index contributed by atoms with van der Waals surface area (Å²) in [5.41, 5.74) is 0. The molecule has 6 heteroatoms. The molecule has 0 bridgehead atoms. The molecule has 0 aromatic carbocycles. The summed E-state index contributed by atoms with van der Waals surface area (Å²) in [5, 5.41) is 0. The van der Waals surface area contributed by atoms with Crippen molar-refractivity contribution in [3.63, 3.8) is 0 Å². The van der Waals surface area contributed by atoms with E-state index in [0.29, 0.717) is 6.42 Å². The number of hydrogen-bond donors (Lipinski definition) is 1. The highest BCUT2D eigenvalue weighted by Gasteiger charge is 2.17. The molecule has 0 aromatic rings. The lowest BCUT2D eigenvalue weighted by Crippen LogP contribution is -2.33. The van der Waals surface area contributed by atoms with Gasteiger partial charge in [-0.25, -0.2) is 13.3 Å². The SMILES string of the molecule is CCCCN(C(=O)OC)S(=O)O. The molecule has 0 radical (unpaired) electrons. The van der Waals surface area contributed by atoms with Gasteiger partial charge in [0, 0.05) is 6.54 Å². The van der Waals surface area contributed by atoms with E-state index in [1.54, 1.807) is 0 Å². The van der Waals surface area contributed by atoms with Crippen LogP contribution in [0.25, 0.3) is 0 Å². The van der Waals surface area contributed by atoms with E-state index in [9.17, 15) is 9.00 Å². The summed E-state index contributed by atoms with van der Waals surface area (Å²) in [5.74, 6) is 0. The van der Waals surface area contributed by atoms with Crippen molar-refractivity contribution >= 4 is 17.4 Å². The molecule has 1 unspecified atom stereocenters. The maximum absolute atomic E-state index is 10.8. The zero-order chi connectivity index (χ0) is 9.56. The van der Waals surface area contributed by atoms with Gasteiger partial charge in [-0.2, -0.15) is 0 Å². The number of carbonyl (C=O) groups is 1. The van der Waals surface area contributed by atoms with Gasteiger partial charge in [0.2, 0.25) is 0 Å². The third-order valence-corrected chi connectivity index (χ3v) is 1.99. The van der Waals surface area contributed by atoms with Gasteiger partial charge >= 0.3 is 6.09 Å². The minimum Gasteiger partial charge on any atom is -0.452 e. The Labute approximate surface area is 74.1 Å². The second-order valence-corrected chi connectivity index (χ2v) is 3.06. The summed E-state index contributed by atoms with van der Waals surface area (Å²) in [6, 6.07) is 0. The Kier molecular flexibility index (Phi) is 5.65. The van der Waals surface area contributed by atoms with E-state index < -0.39 is 17.4 Å². The van der Waals surface area contributed by atoms with Crippen molar-refractivity contribution in [1.29, 1.82) is 0 Å². The van der Waals surface area contributed by atoms with Crippen LogP contribution in [0.5, 0.6) is 0 Å². The molecule has 0 saturated heterocycles. The van der Waals surface area contributed by atoms with Crippen LogP contribution in [0.2, 0.25) is 0 Å². The number of ether oxygens (including phenoxy) is 1. The predicted octanol–water partition coefficient (Wildman–Crippen LogP) is 0.992. The van der Waals surface area contributed by atoms with Crippen LogP contribution in [0.3, 0.4) is 0 Å². The molecule has 5 nitrogen and oxygen atoms in total. The van der Waals surface area contributed by atoms with E-state index in [4.69, 9.17) is 4.55 Å². The van der Waals surface area contributed by atoms with Crippen LogP contribution in [0, 0.1) is 0 Å². The minimum atomic E-state index is -2.28. The highest BCUT2D eigenvalue weighted by molar-refractivity contribution is 7.77. The molecule has 12 heavy (non-hydrogen) atoms. The highest BCUT2D eigenvalue weighted by atomic mass is 32.2. The van der Waals surface area contributed by atoms with Crippen molar-refractivity contribution in [2.45, 2.75) is 19.8 Å². The number of methoxy groups -OCH3 is 1. The molecular formula is C6H13NO4S. The zero-order valence-electron chi connectivity index (χ0n) is 7.15. The molecule has 72 valence electrons. The van der Waals surface area contributed by atoms with E-state index in [2.05, 4.69) is 4.74 Å². The molecule has 0 spiro atoms. The van der Waals surface area contributed by atoms with Crippen LogP contribution in [0.15, 0.2) is 0 Å². The van der Waals surface area contributed by atoms with Crippen LogP contribution >= 0.6 is 0 Å². The number of hydrogen-bond acceptors (Lipinski definition) is 3.